The Kier molecular flexibility index (Phi) is 3.12. The zero-order valence-electron chi connectivity index (χ0n) is 6.30. The second kappa shape index (κ2) is 3.94. The van der Waals surface area contributed by atoms with E-state index in [-0.39, 0.29) is 16.6 Å². The van der Waals surface area contributed by atoms with E-state index in [9.17, 15) is 8.42 Å². The van der Waals surface area contributed by atoms with E-state index >= 15 is 0 Å². The number of nitrogens with two attached hydrogens (primary N) is 1. The topological polar surface area (TPSA) is 98.0 Å². The number of hydrogen-bond acceptors (Lipinski definition) is 6. The van der Waals surface area contributed by atoms with E-state index in [2.05, 4.69) is 26.5 Å². The van der Waals surface area contributed by atoms with Crippen LogP contribution >= 0.6 is 23.8 Å². The van der Waals surface area contributed by atoms with E-state index in [0.717, 1.165) is 11.5 Å². The van der Waals surface area contributed by atoms with Crippen LogP contribution in [0.4, 0.5) is 5.82 Å². The quantitative estimate of drug-likeness (QED) is 0.690. The average molecular weight is 238 g/mol. The molecule has 0 saturated carbocycles. The average Bonchev–Trinajstić information content (AvgIpc) is 2.34. The number of rotatable bonds is 4. The Balaban J connectivity index is 2.68. The lowest BCUT2D eigenvalue weighted by Gasteiger charge is -2.02. The Morgan fingerprint density at radius 3 is 2.92 bits per heavy atom. The van der Waals surface area contributed by atoms with Gasteiger partial charge in [0.15, 0.2) is 5.82 Å². The van der Waals surface area contributed by atoms with Crippen LogP contribution in [0.2, 0.25) is 0 Å². The molecule has 0 amide bonds. The minimum Gasteiger partial charge on any atom is -0.392 e. The van der Waals surface area contributed by atoms with Gasteiger partial charge in [0.2, 0.25) is 10.0 Å². The van der Waals surface area contributed by atoms with Gasteiger partial charge in [-0.15, -0.1) is 5.10 Å². The van der Waals surface area contributed by atoms with Crippen LogP contribution in [0.25, 0.3) is 0 Å². The Morgan fingerprint density at radius 2 is 2.46 bits per heavy atom. The highest BCUT2D eigenvalue weighted by molar-refractivity contribution is 7.95. The van der Waals surface area contributed by atoms with Gasteiger partial charge in [-0.1, -0.05) is 16.7 Å². The molecule has 6 nitrogen and oxygen atoms in total. The van der Waals surface area contributed by atoms with E-state index in [1.807, 2.05) is 0 Å². The summed E-state index contributed by atoms with van der Waals surface area (Å²) in [7, 11) is -3.52. The first kappa shape index (κ1) is 10.3. The van der Waals surface area contributed by atoms with Gasteiger partial charge in [-0.25, -0.2) is 8.42 Å². The summed E-state index contributed by atoms with van der Waals surface area (Å²) in [5.41, 5.74) is 5.09. The van der Waals surface area contributed by atoms with E-state index in [1.54, 1.807) is 0 Å². The molecule has 0 radical (unpaired) electrons. The summed E-state index contributed by atoms with van der Waals surface area (Å²) in [5.74, 6) is -0.207. The molecule has 1 aromatic heterocycles. The SMILES string of the molecule is NC(=S)CS(=O)(=O)Nc1csnn1. The Bertz CT molecular complexity index is 384. The number of nitrogens with one attached hydrogen (secondary N) is 1. The van der Waals surface area contributed by atoms with Gasteiger partial charge in [-0.2, -0.15) is 0 Å². The van der Waals surface area contributed by atoms with Gasteiger partial charge in [0.25, 0.3) is 0 Å². The molecule has 1 rings (SSSR count). The normalized spacial score (nSPS) is 11.1. The number of aromatic nitrogens is 2. The minimum absolute atomic E-state index is 0.0873. The van der Waals surface area contributed by atoms with Gasteiger partial charge >= 0.3 is 0 Å². The van der Waals surface area contributed by atoms with Crippen molar-refractivity contribution in [3.63, 3.8) is 0 Å². The highest BCUT2D eigenvalue weighted by Crippen LogP contribution is 2.05. The molecule has 0 atom stereocenters. The molecule has 0 aliphatic heterocycles. The zero-order valence-corrected chi connectivity index (χ0v) is 8.75. The first-order chi connectivity index (χ1) is 5.99. The zero-order chi connectivity index (χ0) is 9.90. The fourth-order valence-corrected chi connectivity index (χ4v) is 2.39. The van der Waals surface area contributed by atoms with Crippen LogP contribution in [-0.4, -0.2) is 28.7 Å². The highest BCUT2D eigenvalue weighted by atomic mass is 32.2. The minimum atomic E-state index is -3.52. The monoisotopic (exact) mass is 238 g/mol. The molecule has 1 heterocycles. The number of thiocarbonyl (C=S) groups is 1. The predicted octanol–water partition coefficient (Wildman–Crippen LogP) is -0.434. The van der Waals surface area contributed by atoms with Gasteiger partial charge in [0, 0.05) is 0 Å². The Hall–Kier alpha value is -0.800. The Morgan fingerprint density at radius 1 is 1.77 bits per heavy atom. The van der Waals surface area contributed by atoms with Crippen molar-refractivity contribution >= 4 is 44.6 Å². The number of anilines is 1. The fourth-order valence-electron chi connectivity index (χ4n) is 0.592. The number of nitrogens with zero attached hydrogens (tertiary/aromatic N) is 2. The molecule has 0 fully saturated rings. The first-order valence-corrected chi connectivity index (χ1v) is 5.95. The van der Waals surface area contributed by atoms with Crippen LogP contribution in [0, 0.1) is 0 Å². The van der Waals surface area contributed by atoms with E-state index in [1.165, 1.54) is 5.38 Å². The standard InChI is InChI=1S/C4H6N4O2S3/c5-3(11)2-13(9,10)7-4-1-12-8-6-4/h1,7H,2H2,(H2,5,11). The maximum absolute atomic E-state index is 11.2. The lowest BCUT2D eigenvalue weighted by Crippen LogP contribution is -2.26. The van der Waals surface area contributed by atoms with Crippen LogP contribution in [0.1, 0.15) is 0 Å². The molecule has 0 unspecified atom stereocenters. The molecule has 0 bridgehead atoms. The molecule has 13 heavy (non-hydrogen) atoms. The summed E-state index contributed by atoms with van der Waals surface area (Å²) >= 11 is 5.51. The van der Waals surface area contributed by atoms with E-state index in [4.69, 9.17) is 5.73 Å². The van der Waals surface area contributed by atoms with Crippen LogP contribution in [0.5, 0.6) is 0 Å². The maximum atomic E-state index is 11.2. The molecule has 0 aliphatic carbocycles. The van der Waals surface area contributed by atoms with Crippen molar-refractivity contribution in [1.29, 1.82) is 0 Å². The number of hydrogen-bond donors (Lipinski definition) is 2. The van der Waals surface area contributed by atoms with Crippen molar-refractivity contribution in [3.8, 4) is 0 Å². The van der Waals surface area contributed by atoms with Gasteiger partial charge in [0.1, 0.15) is 5.75 Å². The third kappa shape index (κ3) is 3.61. The largest absolute Gasteiger partial charge is 0.392 e. The number of sulfonamides is 1. The molecular formula is C4H6N4O2S3. The second-order valence-corrected chi connectivity index (χ2v) is 4.97. The molecule has 0 saturated heterocycles. The third-order valence-corrected chi connectivity index (χ3v) is 3.00. The molecule has 72 valence electrons. The van der Waals surface area contributed by atoms with Crippen LogP contribution in [0.15, 0.2) is 5.38 Å². The highest BCUT2D eigenvalue weighted by Gasteiger charge is 2.12. The van der Waals surface area contributed by atoms with Crippen LogP contribution in [0.3, 0.4) is 0 Å². The van der Waals surface area contributed by atoms with Gasteiger partial charge in [-0.05, 0) is 11.5 Å². The van der Waals surface area contributed by atoms with Crippen molar-refractivity contribution in [1.82, 2.24) is 9.59 Å². The second-order valence-electron chi connectivity index (χ2n) is 2.12. The van der Waals surface area contributed by atoms with Crippen molar-refractivity contribution in [2.75, 3.05) is 10.5 Å². The molecular weight excluding hydrogens is 232 g/mol. The van der Waals surface area contributed by atoms with Crippen LogP contribution in [-0.2, 0) is 10.0 Å². The van der Waals surface area contributed by atoms with Crippen molar-refractivity contribution < 1.29 is 8.42 Å². The molecule has 0 aromatic carbocycles. The van der Waals surface area contributed by atoms with Gasteiger partial charge in [0.05, 0.1) is 10.4 Å². The smallest absolute Gasteiger partial charge is 0.240 e. The van der Waals surface area contributed by atoms with Crippen molar-refractivity contribution in [2.24, 2.45) is 5.73 Å². The molecule has 0 spiro atoms. The van der Waals surface area contributed by atoms with Gasteiger partial charge in [-0.3, -0.25) is 4.72 Å². The predicted molar refractivity (Wildman–Crippen MR) is 54.1 cm³/mol. The first-order valence-electron chi connectivity index (χ1n) is 3.05. The molecule has 1 aromatic rings. The summed E-state index contributed by atoms with van der Waals surface area (Å²) in [5, 5.41) is 4.97. The van der Waals surface area contributed by atoms with Gasteiger partial charge < -0.3 is 5.73 Å². The van der Waals surface area contributed by atoms with E-state index in [0.29, 0.717) is 0 Å². The van der Waals surface area contributed by atoms with Crippen LogP contribution < -0.4 is 10.5 Å². The summed E-state index contributed by atoms with van der Waals surface area (Å²) in [4.78, 5) is -0.0873. The molecule has 9 heteroatoms. The maximum Gasteiger partial charge on any atom is 0.240 e. The lowest BCUT2D eigenvalue weighted by atomic mass is 10.8. The fraction of sp³-hybridized carbons (Fsp3) is 0.250. The Labute approximate surface area is 84.4 Å². The third-order valence-electron chi connectivity index (χ3n) is 0.952. The van der Waals surface area contributed by atoms with E-state index < -0.39 is 10.0 Å². The summed E-state index contributed by atoms with van der Waals surface area (Å²) in [6.45, 7) is 0. The molecule has 0 aliphatic rings. The van der Waals surface area contributed by atoms with Crippen molar-refractivity contribution in [2.45, 2.75) is 0 Å². The summed E-state index contributed by atoms with van der Waals surface area (Å²) in [6, 6.07) is 0. The summed E-state index contributed by atoms with van der Waals surface area (Å²) < 4.78 is 28.0. The van der Waals surface area contributed by atoms with Crippen molar-refractivity contribution in [3.05, 3.63) is 5.38 Å². The summed E-state index contributed by atoms with van der Waals surface area (Å²) in [6.07, 6.45) is 0. The lowest BCUT2D eigenvalue weighted by molar-refractivity contribution is 0.604. The molecule has 3 N–H and O–H groups in total.